The van der Waals surface area contributed by atoms with E-state index in [0.717, 1.165) is 27.2 Å². The van der Waals surface area contributed by atoms with Crippen LogP contribution in [0, 0.1) is 0 Å². The van der Waals surface area contributed by atoms with Crippen LogP contribution in [0.4, 0.5) is 18.9 Å². The molecule has 0 aromatic heterocycles. The lowest BCUT2D eigenvalue weighted by Crippen LogP contribution is -2.56. The number of carbonyl (C=O) groups is 1. The van der Waals surface area contributed by atoms with Crippen LogP contribution in [0.3, 0.4) is 0 Å². The third-order valence-electron chi connectivity index (χ3n) is 6.90. The predicted octanol–water partition coefficient (Wildman–Crippen LogP) is 6.48. The van der Waals surface area contributed by atoms with Gasteiger partial charge < -0.3 is 4.90 Å². The molecule has 0 saturated carbocycles. The number of carbonyl (C=O) groups excluding carboxylic acids is 1. The van der Waals surface area contributed by atoms with Crippen LogP contribution in [0.15, 0.2) is 115 Å². The summed E-state index contributed by atoms with van der Waals surface area (Å²) in [4.78, 5) is 14.8. The van der Waals surface area contributed by atoms with Gasteiger partial charge in [0.15, 0.2) is 0 Å². The van der Waals surface area contributed by atoms with Gasteiger partial charge in [0, 0.05) is 5.69 Å². The summed E-state index contributed by atoms with van der Waals surface area (Å²) in [5, 5.41) is 3.60. The van der Waals surface area contributed by atoms with Gasteiger partial charge in [-0.2, -0.15) is 13.2 Å². The Labute approximate surface area is 214 Å². The third kappa shape index (κ3) is 5.02. The molecule has 0 radical (unpaired) electrons. The maximum absolute atomic E-state index is 13.9. The molecule has 1 aliphatic rings. The topological polar surface area (TPSA) is 32.3 Å². The first-order valence-electron chi connectivity index (χ1n) is 12.3. The molecule has 0 saturated heterocycles. The fourth-order valence-electron chi connectivity index (χ4n) is 5.27. The minimum absolute atomic E-state index is 0.318. The van der Waals surface area contributed by atoms with Crippen LogP contribution in [-0.4, -0.2) is 24.7 Å². The lowest BCUT2D eigenvalue weighted by Gasteiger charge is -2.40. The Hall–Kier alpha value is -3.90. The van der Waals surface area contributed by atoms with Gasteiger partial charge in [-0.15, -0.1) is 0 Å². The SMILES string of the molecule is O=C1C(NC(c2ccccc2)(c2ccccc2)c2ccccc2)CCc2ccccc2N1CC(F)(F)F. The number of rotatable bonds is 6. The Bertz CT molecular complexity index is 1240. The fraction of sp³-hybridized carbons (Fsp3) is 0.194. The molecule has 1 N–H and O–H groups in total. The number of hydrogen-bond donors (Lipinski definition) is 1. The molecule has 5 rings (SSSR count). The zero-order valence-electron chi connectivity index (χ0n) is 20.2. The Kier molecular flexibility index (Phi) is 6.85. The van der Waals surface area contributed by atoms with Gasteiger partial charge in [0.2, 0.25) is 5.91 Å². The number of nitrogens with zero attached hydrogens (tertiary/aromatic N) is 1. The molecule has 4 aromatic rings. The third-order valence-corrected chi connectivity index (χ3v) is 6.90. The Balaban J connectivity index is 1.67. The second-order valence-electron chi connectivity index (χ2n) is 9.25. The molecular formula is C31H27F3N2O. The molecule has 37 heavy (non-hydrogen) atoms. The molecule has 1 atom stereocenters. The zero-order chi connectivity index (χ0) is 25.9. The van der Waals surface area contributed by atoms with Crippen molar-refractivity contribution in [3.8, 4) is 0 Å². The van der Waals surface area contributed by atoms with Gasteiger partial charge in [-0.05, 0) is 41.2 Å². The summed E-state index contributed by atoms with van der Waals surface area (Å²) in [5.74, 6) is -0.588. The van der Waals surface area contributed by atoms with Crippen molar-refractivity contribution in [1.82, 2.24) is 5.32 Å². The lowest BCUT2D eigenvalue weighted by molar-refractivity contribution is -0.133. The summed E-state index contributed by atoms with van der Waals surface area (Å²) >= 11 is 0. The second kappa shape index (κ2) is 10.2. The molecule has 0 spiro atoms. The highest BCUT2D eigenvalue weighted by atomic mass is 19.4. The molecule has 1 aliphatic heterocycles. The van der Waals surface area contributed by atoms with E-state index in [4.69, 9.17) is 0 Å². The average molecular weight is 501 g/mol. The first kappa shape index (κ1) is 24.8. The highest BCUT2D eigenvalue weighted by molar-refractivity contribution is 5.99. The van der Waals surface area contributed by atoms with Gasteiger partial charge in [0.05, 0.1) is 11.6 Å². The van der Waals surface area contributed by atoms with E-state index in [9.17, 15) is 18.0 Å². The molecular weight excluding hydrogens is 473 g/mol. The predicted molar refractivity (Wildman–Crippen MR) is 139 cm³/mol. The molecule has 4 aromatic carbocycles. The molecule has 1 heterocycles. The average Bonchev–Trinajstić information content (AvgIpc) is 3.04. The van der Waals surface area contributed by atoms with Crippen molar-refractivity contribution < 1.29 is 18.0 Å². The summed E-state index contributed by atoms with van der Waals surface area (Å²) in [6.45, 7) is -1.34. The standard InChI is InChI=1S/C31H27F3N2O/c32-30(33,34)22-36-28-19-11-10-12-23(28)20-21-27(29(36)37)35-31(24-13-4-1-5-14-24,25-15-6-2-7-16-25)26-17-8-3-9-18-26/h1-19,27,35H,20-22H2. The van der Waals surface area contributed by atoms with Gasteiger partial charge in [0.1, 0.15) is 6.54 Å². The first-order valence-corrected chi connectivity index (χ1v) is 12.3. The van der Waals surface area contributed by atoms with Crippen molar-refractivity contribution in [2.75, 3.05) is 11.4 Å². The number of amides is 1. The molecule has 188 valence electrons. The summed E-state index contributed by atoms with van der Waals surface area (Å²) in [5.41, 5.74) is 2.76. The van der Waals surface area contributed by atoms with E-state index in [0.29, 0.717) is 18.5 Å². The van der Waals surface area contributed by atoms with Crippen molar-refractivity contribution in [2.45, 2.75) is 30.6 Å². The summed E-state index contributed by atoms with van der Waals surface area (Å²) < 4.78 is 41.1. The molecule has 1 unspecified atom stereocenters. The van der Waals surface area contributed by atoms with E-state index in [2.05, 4.69) is 5.32 Å². The van der Waals surface area contributed by atoms with E-state index in [1.54, 1.807) is 24.3 Å². The highest BCUT2D eigenvalue weighted by Gasteiger charge is 2.43. The number of alkyl halides is 3. The molecule has 0 fully saturated rings. The Morgan fingerprint density at radius 2 is 1.16 bits per heavy atom. The minimum atomic E-state index is -4.53. The van der Waals surface area contributed by atoms with Crippen molar-refractivity contribution in [1.29, 1.82) is 0 Å². The molecule has 6 heteroatoms. The number of benzene rings is 4. The Morgan fingerprint density at radius 1 is 0.703 bits per heavy atom. The molecule has 0 aliphatic carbocycles. The van der Waals surface area contributed by atoms with Gasteiger partial charge in [-0.1, -0.05) is 109 Å². The van der Waals surface area contributed by atoms with Crippen LogP contribution in [-0.2, 0) is 16.8 Å². The van der Waals surface area contributed by atoms with Crippen molar-refractivity contribution >= 4 is 11.6 Å². The number of anilines is 1. The summed E-state index contributed by atoms with van der Waals surface area (Å²) in [6, 6.07) is 35.2. The van der Waals surface area contributed by atoms with Crippen molar-refractivity contribution in [2.24, 2.45) is 0 Å². The van der Waals surface area contributed by atoms with Gasteiger partial charge >= 0.3 is 6.18 Å². The number of halogens is 3. The highest BCUT2D eigenvalue weighted by Crippen LogP contribution is 2.39. The van der Waals surface area contributed by atoms with Crippen molar-refractivity contribution in [3.63, 3.8) is 0 Å². The van der Waals surface area contributed by atoms with Crippen LogP contribution in [0.2, 0.25) is 0 Å². The minimum Gasteiger partial charge on any atom is -0.302 e. The summed E-state index contributed by atoms with van der Waals surface area (Å²) in [6.07, 6.45) is -3.70. The number of para-hydroxylation sites is 1. The quantitative estimate of drug-likeness (QED) is 0.308. The van der Waals surface area contributed by atoms with Crippen LogP contribution < -0.4 is 10.2 Å². The van der Waals surface area contributed by atoms with E-state index >= 15 is 0 Å². The van der Waals surface area contributed by atoms with Crippen LogP contribution in [0.25, 0.3) is 0 Å². The van der Waals surface area contributed by atoms with Gasteiger partial charge in [-0.3, -0.25) is 10.1 Å². The number of nitrogens with one attached hydrogen (secondary N) is 1. The van der Waals surface area contributed by atoms with E-state index in [-0.39, 0.29) is 0 Å². The zero-order valence-corrected chi connectivity index (χ0v) is 20.2. The number of aryl methyl sites for hydroxylation is 1. The Morgan fingerprint density at radius 3 is 1.65 bits per heavy atom. The number of fused-ring (bicyclic) bond motifs is 1. The van der Waals surface area contributed by atoms with E-state index in [1.807, 2.05) is 91.0 Å². The maximum atomic E-state index is 13.9. The molecule has 3 nitrogen and oxygen atoms in total. The monoisotopic (exact) mass is 500 g/mol. The first-order chi connectivity index (χ1) is 17.9. The largest absolute Gasteiger partial charge is 0.406 e. The summed E-state index contributed by atoms with van der Waals surface area (Å²) in [7, 11) is 0. The maximum Gasteiger partial charge on any atom is 0.406 e. The van der Waals surface area contributed by atoms with Crippen LogP contribution >= 0.6 is 0 Å². The van der Waals surface area contributed by atoms with Crippen LogP contribution in [0.1, 0.15) is 28.7 Å². The lowest BCUT2D eigenvalue weighted by atomic mass is 9.76. The fourth-order valence-corrected chi connectivity index (χ4v) is 5.27. The molecule has 0 bridgehead atoms. The van der Waals surface area contributed by atoms with Crippen molar-refractivity contribution in [3.05, 3.63) is 138 Å². The van der Waals surface area contributed by atoms with Crippen LogP contribution in [0.5, 0.6) is 0 Å². The van der Waals surface area contributed by atoms with E-state index < -0.39 is 30.2 Å². The second-order valence-corrected chi connectivity index (χ2v) is 9.25. The van der Waals surface area contributed by atoms with E-state index in [1.165, 1.54) is 0 Å². The van der Waals surface area contributed by atoms with Gasteiger partial charge in [0.25, 0.3) is 0 Å². The van der Waals surface area contributed by atoms with Gasteiger partial charge in [-0.25, -0.2) is 0 Å². The smallest absolute Gasteiger partial charge is 0.302 e. The normalized spacial score (nSPS) is 16.2. The molecule has 1 amide bonds. The number of hydrogen-bond acceptors (Lipinski definition) is 2.